The van der Waals surface area contributed by atoms with E-state index in [2.05, 4.69) is 15.9 Å². The van der Waals surface area contributed by atoms with E-state index in [9.17, 15) is 14.7 Å². The van der Waals surface area contributed by atoms with E-state index in [0.29, 0.717) is 49.4 Å². The Morgan fingerprint density at radius 1 is 1.19 bits per heavy atom. The normalized spacial score (nSPS) is 21.9. The third-order valence-electron chi connectivity index (χ3n) is 7.95. The summed E-state index contributed by atoms with van der Waals surface area (Å²) in [4.78, 5) is 27.7. The highest BCUT2D eigenvalue weighted by atomic mass is 79.9. The largest absolute Gasteiger partial charge is 0.489 e. The molecule has 1 saturated heterocycles. The van der Waals surface area contributed by atoms with Crippen molar-refractivity contribution in [3.8, 4) is 5.75 Å². The Labute approximate surface area is 219 Å². The van der Waals surface area contributed by atoms with Crippen molar-refractivity contribution in [1.82, 2.24) is 4.90 Å². The average Bonchev–Trinajstić information content (AvgIpc) is 2.87. The molecule has 2 atom stereocenters. The summed E-state index contributed by atoms with van der Waals surface area (Å²) in [6.45, 7) is 3.52. The van der Waals surface area contributed by atoms with Gasteiger partial charge in [-0.1, -0.05) is 40.9 Å². The number of benzene rings is 2. The predicted octanol–water partition coefficient (Wildman–Crippen LogP) is 5.53. The molecule has 2 aromatic carbocycles. The molecule has 0 radical (unpaired) electrons. The minimum absolute atomic E-state index is 0.0400. The van der Waals surface area contributed by atoms with Gasteiger partial charge in [0.05, 0.1) is 5.60 Å². The first-order chi connectivity index (χ1) is 17.3. The van der Waals surface area contributed by atoms with Crippen LogP contribution in [0, 0.1) is 12.8 Å². The van der Waals surface area contributed by atoms with E-state index in [1.807, 2.05) is 48.2 Å². The number of amides is 1. The number of piperidine rings is 1. The standard InChI is InChI=1S/C29H32BrNO5/c1-19-24-10-9-23(35-18-20-5-7-22(30)8-6-20)16-26(24)36-28(33)25(19)11-12-27(32)31-15-14-29(34)13-3-2-4-21(29)17-31/h5-10,16,21,34H,2-4,11-15,17-18H2,1H3/t21-,29+/m0/s1. The second kappa shape index (κ2) is 10.4. The molecule has 1 saturated carbocycles. The van der Waals surface area contributed by atoms with Crippen LogP contribution < -0.4 is 10.4 Å². The van der Waals surface area contributed by atoms with Crippen molar-refractivity contribution in [1.29, 1.82) is 0 Å². The fraction of sp³-hybridized carbons (Fsp3) is 0.448. The van der Waals surface area contributed by atoms with Crippen LogP contribution >= 0.6 is 15.9 Å². The zero-order valence-electron chi connectivity index (χ0n) is 20.6. The number of nitrogens with zero attached hydrogens (tertiary/aromatic N) is 1. The molecule has 5 rings (SSSR count). The number of fused-ring (bicyclic) bond motifs is 2. The Kier molecular flexibility index (Phi) is 7.22. The van der Waals surface area contributed by atoms with Crippen molar-refractivity contribution in [3.05, 3.63) is 74.0 Å². The smallest absolute Gasteiger partial charge is 0.339 e. The van der Waals surface area contributed by atoms with E-state index in [1.54, 1.807) is 6.07 Å². The lowest BCUT2D eigenvalue weighted by atomic mass is 9.71. The number of aryl methyl sites for hydroxylation is 1. The van der Waals surface area contributed by atoms with Crippen molar-refractivity contribution >= 4 is 32.8 Å². The number of hydrogen-bond acceptors (Lipinski definition) is 5. The Morgan fingerprint density at radius 2 is 2.00 bits per heavy atom. The van der Waals surface area contributed by atoms with Crippen molar-refractivity contribution < 1.29 is 19.1 Å². The van der Waals surface area contributed by atoms with Crippen molar-refractivity contribution in [2.45, 2.75) is 64.1 Å². The molecule has 2 aliphatic rings. The van der Waals surface area contributed by atoms with Crippen LogP contribution in [0.1, 0.15) is 55.2 Å². The number of rotatable bonds is 6. The minimum atomic E-state index is -0.605. The molecule has 1 aliphatic carbocycles. The molecule has 0 bridgehead atoms. The summed E-state index contributed by atoms with van der Waals surface area (Å²) in [7, 11) is 0. The first-order valence-corrected chi connectivity index (χ1v) is 13.6. The lowest BCUT2D eigenvalue weighted by Crippen LogP contribution is -2.54. The zero-order chi connectivity index (χ0) is 25.3. The molecule has 36 heavy (non-hydrogen) atoms. The van der Waals surface area contributed by atoms with E-state index in [0.717, 1.165) is 46.7 Å². The quantitative estimate of drug-likeness (QED) is 0.406. The van der Waals surface area contributed by atoms with Gasteiger partial charge in [-0.3, -0.25) is 4.79 Å². The van der Waals surface area contributed by atoms with Crippen LogP contribution in [-0.4, -0.2) is 34.6 Å². The van der Waals surface area contributed by atoms with E-state index in [4.69, 9.17) is 9.15 Å². The topological polar surface area (TPSA) is 80.0 Å². The van der Waals surface area contributed by atoms with Gasteiger partial charge in [-0.25, -0.2) is 4.79 Å². The molecule has 3 aromatic rings. The highest BCUT2D eigenvalue weighted by Gasteiger charge is 2.43. The molecule has 0 spiro atoms. The first kappa shape index (κ1) is 25.0. The third kappa shape index (κ3) is 5.23. The number of aliphatic hydroxyl groups is 1. The molecule has 1 aliphatic heterocycles. The summed E-state index contributed by atoms with van der Waals surface area (Å²) in [5.41, 5.74) is 1.90. The summed E-state index contributed by atoms with van der Waals surface area (Å²) >= 11 is 3.43. The van der Waals surface area contributed by atoms with Gasteiger partial charge in [0.1, 0.15) is 17.9 Å². The Hall–Kier alpha value is -2.64. The van der Waals surface area contributed by atoms with Gasteiger partial charge in [0, 0.05) is 46.9 Å². The number of hydrogen-bond donors (Lipinski definition) is 1. The van der Waals surface area contributed by atoms with Gasteiger partial charge in [0.2, 0.25) is 5.91 Å². The maximum Gasteiger partial charge on any atom is 0.339 e. The number of ether oxygens (including phenoxy) is 1. The summed E-state index contributed by atoms with van der Waals surface area (Å²) in [5.74, 6) is 0.832. The van der Waals surface area contributed by atoms with Gasteiger partial charge in [-0.05, 0) is 68.0 Å². The predicted molar refractivity (Wildman–Crippen MR) is 142 cm³/mol. The summed E-state index contributed by atoms with van der Waals surface area (Å²) in [6, 6.07) is 13.4. The van der Waals surface area contributed by atoms with Gasteiger partial charge >= 0.3 is 5.63 Å². The summed E-state index contributed by atoms with van der Waals surface area (Å²) in [5, 5.41) is 11.7. The Balaban J connectivity index is 1.25. The molecule has 1 amide bonds. The van der Waals surface area contributed by atoms with Crippen LogP contribution in [0.15, 0.2) is 56.1 Å². The molecule has 7 heteroatoms. The zero-order valence-corrected chi connectivity index (χ0v) is 22.2. The van der Waals surface area contributed by atoms with Crippen molar-refractivity contribution in [2.24, 2.45) is 5.92 Å². The molecule has 0 unspecified atom stereocenters. The van der Waals surface area contributed by atoms with E-state index >= 15 is 0 Å². The molecule has 2 fully saturated rings. The number of carbonyl (C=O) groups is 1. The van der Waals surface area contributed by atoms with Crippen LogP contribution in [0.2, 0.25) is 0 Å². The van der Waals surface area contributed by atoms with Gasteiger partial charge in [-0.15, -0.1) is 0 Å². The van der Waals surface area contributed by atoms with Crippen LogP contribution in [-0.2, 0) is 17.8 Å². The number of halogens is 1. The maximum atomic E-state index is 13.0. The van der Waals surface area contributed by atoms with Crippen LogP contribution in [0.3, 0.4) is 0 Å². The highest BCUT2D eigenvalue weighted by Crippen LogP contribution is 2.40. The molecule has 2 heterocycles. The molecule has 1 N–H and O–H groups in total. The number of carbonyl (C=O) groups excluding carboxylic acids is 1. The monoisotopic (exact) mass is 553 g/mol. The molecule has 190 valence electrons. The van der Waals surface area contributed by atoms with Gasteiger partial charge in [0.25, 0.3) is 0 Å². The third-order valence-corrected chi connectivity index (χ3v) is 8.48. The van der Waals surface area contributed by atoms with Gasteiger partial charge in [0.15, 0.2) is 0 Å². The van der Waals surface area contributed by atoms with Crippen LogP contribution in [0.25, 0.3) is 11.0 Å². The van der Waals surface area contributed by atoms with E-state index in [-0.39, 0.29) is 18.2 Å². The summed E-state index contributed by atoms with van der Waals surface area (Å²) < 4.78 is 12.6. The van der Waals surface area contributed by atoms with Gasteiger partial charge < -0.3 is 19.2 Å². The minimum Gasteiger partial charge on any atom is -0.489 e. The molecule has 1 aromatic heterocycles. The molecular formula is C29H32BrNO5. The Bertz CT molecular complexity index is 1320. The molecule has 6 nitrogen and oxygen atoms in total. The molecular weight excluding hydrogens is 522 g/mol. The maximum absolute atomic E-state index is 13.0. The SMILES string of the molecule is Cc1c(CCC(=O)N2CC[C@]3(O)CCCC[C@H]3C2)c(=O)oc2cc(OCc3ccc(Br)cc3)ccc12. The first-order valence-electron chi connectivity index (χ1n) is 12.8. The van der Waals surface area contributed by atoms with E-state index < -0.39 is 11.2 Å². The highest BCUT2D eigenvalue weighted by molar-refractivity contribution is 9.10. The average molecular weight is 554 g/mol. The van der Waals surface area contributed by atoms with Crippen molar-refractivity contribution in [2.75, 3.05) is 13.1 Å². The fourth-order valence-electron chi connectivity index (χ4n) is 5.69. The lowest BCUT2D eigenvalue weighted by molar-refractivity contribution is -0.143. The fourth-order valence-corrected chi connectivity index (χ4v) is 5.95. The summed E-state index contributed by atoms with van der Waals surface area (Å²) in [6.07, 6.45) is 5.25. The van der Waals surface area contributed by atoms with Crippen LogP contribution in [0.5, 0.6) is 5.75 Å². The van der Waals surface area contributed by atoms with Crippen LogP contribution in [0.4, 0.5) is 0 Å². The van der Waals surface area contributed by atoms with Crippen molar-refractivity contribution in [3.63, 3.8) is 0 Å². The second-order valence-corrected chi connectivity index (χ2v) is 11.1. The Morgan fingerprint density at radius 3 is 2.81 bits per heavy atom. The van der Waals surface area contributed by atoms with E-state index in [1.165, 1.54) is 0 Å². The lowest BCUT2D eigenvalue weighted by Gasteiger charge is -2.47. The van der Waals surface area contributed by atoms with Gasteiger partial charge in [-0.2, -0.15) is 0 Å². The second-order valence-electron chi connectivity index (χ2n) is 10.2. The number of likely N-dealkylation sites (tertiary alicyclic amines) is 1.